The van der Waals surface area contributed by atoms with E-state index in [-0.39, 0.29) is 11.7 Å². The lowest BCUT2D eigenvalue weighted by atomic mass is 10.1. The number of thiophene rings is 1. The summed E-state index contributed by atoms with van der Waals surface area (Å²) in [4.78, 5) is 15.4. The first-order valence-corrected chi connectivity index (χ1v) is 9.15. The van der Waals surface area contributed by atoms with Crippen molar-refractivity contribution >= 4 is 33.2 Å². The summed E-state index contributed by atoms with van der Waals surface area (Å²) in [5, 5.41) is 2.92. The number of likely N-dealkylation sites (N-methyl/N-ethyl adjacent to an activating group) is 1. The molecule has 124 valence electrons. The van der Waals surface area contributed by atoms with Crippen molar-refractivity contribution in [1.29, 1.82) is 0 Å². The largest absolute Gasteiger partial charge is 0.355 e. The van der Waals surface area contributed by atoms with Gasteiger partial charge in [0, 0.05) is 18.0 Å². The van der Waals surface area contributed by atoms with E-state index in [4.69, 9.17) is 0 Å². The standard InChI is InChI=1S/C17H20BrFN2OS/c1-2-21(11-15-7-8-16(18)23-15)12-17(22)20-10-9-13-3-5-14(19)6-4-13/h3-8H,2,9-12H2,1H3,(H,20,22). The van der Waals surface area contributed by atoms with Gasteiger partial charge in [0.25, 0.3) is 0 Å². The van der Waals surface area contributed by atoms with Crippen LogP contribution in [0.5, 0.6) is 0 Å². The predicted molar refractivity (Wildman–Crippen MR) is 96.1 cm³/mol. The van der Waals surface area contributed by atoms with Gasteiger partial charge < -0.3 is 5.32 Å². The molecule has 0 saturated carbocycles. The lowest BCUT2D eigenvalue weighted by Crippen LogP contribution is -2.37. The molecule has 1 aromatic carbocycles. The number of halogens is 2. The van der Waals surface area contributed by atoms with Crippen LogP contribution in [-0.2, 0) is 17.8 Å². The molecule has 0 radical (unpaired) electrons. The van der Waals surface area contributed by atoms with E-state index >= 15 is 0 Å². The molecule has 2 aromatic rings. The molecular weight excluding hydrogens is 379 g/mol. The van der Waals surface area contributed by atoms with E-state index < -0.39 is 0 Å². The summed E-state index contributed by atoms with van der Waals surface area (Å²) in [6.45, 7) is 4.59. The molecule has 1 aromatic heterocycles. The minimum Gasteiger partial charge on any atom is -0.355 e. The third kappa shape index (κ3) is 6.41. The lowest BCUT2D eigenvalue weighted by Gasteiger charge is -2.19. The summed E-state index contributed by atoms with van der Waals surface area (Å²) in [7, 11) is 0. The zero-order valence-electron chi connectivity index (χ0n) is 13.0. The lowest BCUT2D eigenvalue weighted by molar-refractivity contribution is -0.122. The zero-order chi connectivity index (χ0) is 16.7. The molecule has 0 aliphatic heterocycles. The number of nitrogens with zero attached hydrogens (tertiary/aromatic N) is 1. The van der Waals surface area contributed by atoms with Crippen molar-refractivity contribution in [1.82, 2.24) is 10.2 Å². The molecule has 6 heteroatoms. The summed E-state index contributed by atoms with van der Waals surface area (Å²) >= 11 is 5.14. The zero-order valence-corrected chi connectivity index (χ0v) is 15.4. The fourth-order valence-electron chi connectivity index (χ4n) is 2.19. The molecule has 2 rings (SSSR count). The molecular formula is C17H20BrFN2OS. The van der Waals surface area contributed by atoms with Gasteiger partial charge in [-0.1, -0.05) is 19.1 Å². The molecule has 0 saturated heterocycles. The van der Waals surface area contributed by atoms with Crippen LogP contribution in [0.3, 0.4) is 0 Å². The Kier molecular flexibility index (Phi) is 7.20. The third-order valence-electron chi connectivity index (χ3n) is 3.47. The Morgan fingerprint density at radius 2 is 2.00 bits per heavy atom. The van der Waals surface area contributed by atoms with Crippen LogP contribution in [-0.4, -0.2) is 30.4 Å². The van der Waals surface area contributed by atoms with Crippen molar-refractivity contribution in [2.45, 2.75) is 19.9 Å². The summed E-state index contributed by atoms with van der Waals surface area (Å²) in [5.74, 6) is -0.221. The van der Waals surface area contributed by atoms with Gasteiger partial charge in [0.2, 0.25) is 5.91 Å². The predicted octanol–water partition coefficient (Wildman–Crippen LogP) is 3.83. The maximum atomic E-state index is 12.8. The van der Waals surface area contributed by atoms with E-state index in [0.29, 0.717) is 19.5 Å². The minimum absolute atomic E-state index is 0.0181. The number of hydrogen-bond acceptors (Lipinski definition) is 3. The van der Waals surface area contributed by atoms with Crippen LogP contribution in [0, 0.1) is 5.82 Å². The topological polar surface area (TPSA) is 32.3 Å². The molecule has 0 unspecified atom stereocenters. The van der Waals surface area contributed by atoms with Crippen molar-refractivity contribution in [2.24, 2.45) is 0 Å². The molecule has 0 spiro atoms. The smallest absolute Gasteiger partial charge is 0.234 e. The van der Waals surface area contributed by atoms with Crippen molar-refractivity contribution < 1.29 is 9.18 Å². The Morgan fingerprint density at radius 3 is 2.61 bits per heavy atom. The van der Waals surface area contributed by atoms with E-state index in [1.54, 1.807) is 23.5 Å². The first kappa shape index (κ1) is 18.1. The van der Waals surface area contributed by atoms with Gasteiger partial charge in [-0.2, -0.15) is 0 Å². The summed E-state index contributed by atoms with van der Waals surface area (Å²) in [6, 6.07) is 10.5. The number of benzene rings is 1. The molecule has 0 atom stereocenters. The van der Waals surface area contributed by atoms with Crippen molar-refractivity contribution in [2.75, 3.05) is 19.6 Å². The molecule has 0 aliphatic rings. The molecule has 0 bridgehead atoms. The van der Waals surface area contributed by atoms with Gasteiger partial charge in [0.1, 0.15) is 5.82 Å². The van der Waals surface area contributed by atoms with Crippen LogP contribution in [0.4, 0.5) is 4.39 Å². The Hall–Kier alpha value is -1.24. The molecule has 1 heterocycles. The van der Waals surface area contributed by atoms with Gasteiger partial charge in [0.15, 0.2) is 0 Å². The third-order valence-corrected chi connectivity index (χ3v) is 5.08. The highest BCUT2D eigenvalue weighted by atomic mass is 79.9. The van der Waals surface area contributed by atoms with Crippen LogP contribution in [0.2, 0.25) is 0 Å². The van der Waals surface area contributed by atoms with Crippen LogP contribution >= 0.6 is 27.3 Å². The van der Waals surface area contributed by atoms with Gasteiger partial charge in [-0.3, -0.25) is 9.69 Å². The van der Waals surface area contributed by atoms with E-state index in [9.17, 15) is 9.18 Å². The van der Waals surface area contributed by atoms with Gasteiger partial charge in [0.05, 0.1) is 10.3 Å². The molecule has 1 N–H and O–H groups in total. The highest BCUT2D eigenvalue weighted by Crippen LogP contribution is 2.23. The molecule has 1 amide bonds. The second-order valence-corrected chi connectivity index (χ2v) is 7.78. The van der Waals surface area contributed by atoms with E-state index in [1.165, 1.54) is 17.0 Å². The Balaban J connectivity index is 1.73. The van der Waals surface area contributed by atoms with Crippen LogP contribution in [0.1, 0.15) is 17.4 Å². The van der Waals surface area contributed by atoms with Crippen molar-refractivity contribution in [3.63, 3.8) is 0 Å². The number of carbonyl (C=O) groups is 1. The van der Waals surface area contributed by atoms with Gasteiger partial charge in [-0.05, 0) is 58.7 Å². The average Bonchev–Trinajstić information content (AvgIpc) is 2.93. The Morgan fingerprint density at radius 1 is 1.26 bits per heavy atom. The number of amides is 1. The monoisotopic (exact) mass is 398 g/mol. The first-order chi connectivity index (χ1) is 11.1. The van der Waals surface area contributed by atoms with Crippen molar-refractivity contribution in [3.8, 4) is 0 Å². The van der Waals surface area contributed by atoms with E-state index in [1.807, 2.05) is 6.07 Å². The quantitative estimate of drug-likeness (QED) is 0.732. The highest BCUT2D eigenvalue weighted by molar-refractivity contribution is 9.11. The molecule has 3 nitrogen and oxygen atoms in total. The van der Waals surface area contributed by atoms with E-state index in [2.05, 4.69) is 39.1 Å². The van der Waals surface area contributed by atoms with Crippen LogP contribution < -0.4 is 5.32 Å². The number of carbonyl (C=O) groups excluding carboxylic acids is 1. The van der Waals surface area contributed by atoms with Gasteiger partial charge in [-0.25, -0.2) is 4.39 Å². The van der Waals surface area contributed by atoms with Crippen LogP contribution in [0.15, 0.2) is 40.2 Å². The normalized spacial score (nSPS) is 11.0. The summed E-state index contributed by atoms with van der Waals surface area (Å²) in [6.07, 6.45) is 0.704. The minimum atomic E-state index is -0.239. The summed E-state index contributed by atoms with van der Waals surface area (Å²) in [5.41, 5.74) is 1.02. The molecule has 0 fully saturated rings. The Labute approximate surface area is 148 Å². The maximum Gasteiger partial charge on any atom is 0.234 e. The second kappa shape index (κ2) is 9.15. The fraction of sp³-hybridized carbons (Fsp3) is 0.353. The summed E-state index contributed by atoms with van der Waals surface area (Å²) < 4.78 is 13.9. The van der Waals surface area contributed by atoms with Crippen LogP contribution in [0.25, 0.3) is 0 Å². The SMILES string of the molecule is CCN(CC(=O)NCCc1ccc(F)cc1)Cc1ccc(Br)s1. The maximum absolute atomic E-state index is 12.8. The fourth-order valence-corrected chi connectivity index (χ4v) is 3.72. The number of rotatable bonds is 8. The molecule has 0 aliphatic carbocycles. The van der Waals surface area contributed by atoms with Gasteiger partial charge in [-0.15, -0.1) is 11.3 Å². The number of hydrogen-bond donors (Lipinski definition) is 1. The van der Waals surface area contributed by atoms with Gasteiger partial charge >= 0.3 is 0 Å². The average molecular weight is 399 g/mol. The second-order valence-electron chi connectivity index (χ2n) is 5.24. The Bertz CT molecular complexity index is 630. The van der Waals surface area contributed by atoms with Crippen molar-refractivity contribution in [3.05, 3.63) is 56.4 Å². The first-order valence-electron chi connectivity index (χ1n) is 7.54. The number of nitrogens with one attached hydrogen (secondary N) is 1. The van der Waals surface area contributed by atoms with E-state index in [0.717, 1.165) is 22.4 Å². The highest BCUT2D eigenvalue weighted by Gasteiger charge is 2.10. The molecule has 23 heavy (non-hydrogen) atoms.